The predicted molar refractivity (Wildman–Crippen MR) is 194 cm³/mol. The zero-order chi connectivity index (χ0) is 36.9. The van der Waals surface area contributed by atoms with E-state index >= 15 is 0 Å². The van der Waals surface area contributed by atoms with Crippen LogP contribution in [0.5, 0.6) is 5.75 Å². The molecule has 6 rings (SSSR count). The summed E-state index contributed by atoms with van der Waals surface area (Å²) in [6, 6.07) is 15.1. The van der Waals surface area contributed by atoms with Crippen LogP contribution >= 0.6 is 23.2 Å². The van der Waals surface area contributed by atoms with Crippen molar-refractivity contribution in [2.24, 2.45) is 5.92 Å². The van der Waals surface area contributed by atoms with Gasteiger partial charge in [-0.15, -0.1) is 0 Å². The van der Waals surface area contributed by atoms with E-state index in [0.29, 0.717) is 39.7 Å². The molecule has 1 aliphatic heterocycles. The van der Waals surface area contributed by atoms with E-state index in [0.717, 1.165) is 34.4 Å². The third kappa shape index (κ3) is 8.18. The van der Waals surface area contributed by atoms with Crippen molar-refractivity contribution in [3.8, 4) is 16.9 Å². The van der Waals surface area contributed by atoms with Gasteiger partial charge in [-0.2, -0.15) is 5.10 Å². The van der Waals surface area contributed by atoms with Crippen molar-refractivity contribution in [3.05, 3.63) is 99.3 Å². The molecule has 1 saturated carbocycles. The Labute approximate surface area is 310 Å². The number of carbonyl (C=O) groups excluding carboxylic acids is 4. The molecule has 1 aromatic heterocycles. The van der Waals surface area contributed by atoms with Crippen LogP contribution in [0.3, 0.4) is 0 Å². The van der Waals surface area contributed by atoms with Crippen LogP contribution in [-0.4, -0.2) is 73.7 Å². The van der Waals surface area contributed by atoms with Crippen molar-refractivity contribution in [1.82, 2.24) is 15.1 Å². The molecule has 2 aliphatic rings. The molecule has 0 spiro atoms. The quantitative estimate of drug-likeness (QED) is 0.0913. The van der Waals surface area contributed by atoms with Gasteiger partial charge < -0.3 is 24.3 Å². The Kier molecular flexibility index (Phi) is 11.4. The van der Waals surface area contributed by atoms with Crippen LogP contribution in [0.25, 0.3) is 11.1 Å². The highest BCUT2D eigenvalue weighted by atomic mass is 35.5. The summed E-state index contributed by atoms with van der Waals surface area (Å²) in [6.45, 7) is 3.00. The standard InChI is InChI=1S/C38H38Cl2N4O8/c1-22-29(39)7-5-9-33(22)51-14-15-52-38(48)44-21-24-17-28(24)35-27(6-4-8-32(35)44)26-18-41-43(20-26)19-25-16-23(10-11-30(25)40)36(46)42-31(37(47)50-3)12-13-34(45)49-2/h4-11,16,18,20,24,28,31H,12-15,17,19,21H2,1-3H3,(H,42,46)/t24-,28-,31+/m0/s1. The molecule has 2 amide bonds. The van der Waals surface area contributed by atoms with E-state index in [1.54, 1.807) is 40.0 Å². The van der Waals surface area contributed by atoms with Crippen LogP contribution < -0.4 is 15.0 Å². The van der Waals surface area contributed by atoms with Crippen molar-refractivity contribution in [1.29, 1.82) is 0 Å². The number of fused-ring (bicyclic) bond motifs is 3. The average Bonchev–Trinajstić information content (AvgIpc) is 3.80. The summed E-state index contributed by atoms with van der Waals surface area (Å²) in [5.74, 6) is -0.388. The highest BCUT2D eigenvalue weighted by Gasteiger charge is 2.48. The maximum atomic E-state index is 13.3. The van der Waals surface area contributed by atoms with E-state index in [9.17, 15) is 19.2 Å². The number of methoxy groups -OCH3 is 2. The number of esters is 2. The minimum Gasteiger partial charge on any atom is -0.490 e. The smallest absolute Gasteiger partial charge is 0.414 e. The second-order valence-electron chi connectivity index (χ2n) is 12.7. The van der Waals surface area contributed by atoms with Crippen molar-refractivity contribution in [2.45, 2.75) is 44.7 Å². The molecule has 52 heavy (non-hydrogen) atoms. The molecular weight excluding hydrogens is 711 g/mol. The number of aromatic nitrogens is 2. The van der Waals surface area contributed by atoms with E-state index in [1.165, 1.54) is 14.2 Å². The van der Waals surface area contributed by atoms with Crippen molar-refractivity contribution in [3.63, 3.8) is 0 Å². The summed E-state index contributed by atoms with van der Waals surface area (Å²) in [6.07, 6.45) is 4.17. The summed E-state index contributed by atoms with van der Waals surface area (Å²) < 4.78 is 22.6. The molecule has 1 fully saturated rings. The lowest BCUT2D eigenvalue weighted by Gasteiger charge is -2.29. The topological polar surface area (TPSA) is 138 Å². The lowest BCUT2D eigenvalue weighted by atomic mass is 9.93. The van der Waals surface area contributed by atoms with Gasteiger partial charge in [-0.1, -0.05) is 41.4 Å². The molecule has 0 saturated heterocycles. The molecule has 1 aliphatic carbocycles. The Morgan fingerprint density at radius 2 is 1.81 bits per heavy atom. The molecule has 0 unspecified atom stereocenters. The SMILES string of the molecule is COC(=O)CC[C@@H](NC(=O)c1ccc(Cl)c(Cn2cc(-c3cccc4c3[C@H]3C[C@H]3CN4C(=O)OCCOc3cccc(Cl)c3C)cn2)c1)C(=O)OC. The number of amides is 2. The summed E-state index contributed by atoms with van der Waals surface area (Å²) in [7, 11) is 2.46. The normalized spacial score (nSPS) is 16.2. The lowest BCUT2D eigenvalue weighted by molar-refractivity contribution is -0.144. The number of carbonyl (C=O) groups is 4. The molecule has 12 nitrogen and oxygen atoms in total. The van der Waals surface area contributed by atoms with Crippen molar-refractivity contribution in [2.75, 3.05) is 38.9 Å². The first-order valence-electron chi connectivity index (χ1n) is 16.8. The first-order valence-corrected chi connectivity index (χ1v) is 17.5. The number of rotatable bonds is 13. The first-order chi connectivity index (χ1) is 25.1. The Morgan fingerprint density at radius 1 is 1.00 bits per heavy atom. The Hall–Kier alpha value is -5.07. The molecule has 4 aromatic rings. The molecule has 272 valence electrons. The largest absolute Gasteiger partial charge is 0.490 e. The van der Waals surface area contributed by atoms with Gasteiger partial charge in [0.1, 0.15) is 25.0 Å². The molecule has 14 heteroatoms. The maximum absolute atomic E-state index is 13.3. The third-order valence-corrected chi connectivity index (χ3v) is 10.1. The van der Waals surface area contributed by atoms with Gasteiger partial charge in [0, 0.05) is 45.9 Å². The summed E-state index contributed by atoms with van der Waals surface area (Å²) in [5.41, 5.74) is 5.50. The van der Waals surface area contributed by atoms with Crippen LogP contribution in [0.4, 0.5) is 10.5 Å². The fourth-order valence-corrected chi connectivity index (χ4v) is 6.78. The van der Waals surface area contributed by atoms with Gasteiger partial charge in [0.05, 0.1) is 32.6 Å². The zero-order valence-corrected chi connectivity index (χ0v) is 30.4. The highest BCUT2D eigenvalue weighted by molar-refractivity contribution is 6.31. The third-order valence-electron chi connectivity index (χ3n) is 9.33. The molecular formula is C38H38Cl2N4O8. The van der Waals surface area contributed by atoms with Gasteiger partial charge in [-0.3, -0.25) is 19.2 Å². The molecule has 2 heterocycles. The number of benzene rings is 3. The summed E-state index contributed by atoms with van der Waals surface area (Å²) in [5, 5.41) is 8.27. The number of nitrogens with zero attached hydrogens (tertiary/aromatic N) is 3. The zero-order valence-electron chi connectivity index (χ0n) is 28.9. The fraction of sp³-hybridized carbons (Fsp3) is 0.342. The highest BCUT2D eigenvalue weighted by Crippen LogP contribution is 2.57. The van der Waals surface area contributed by atoms with Gasteiger partial charge >= 0.3 is 18.0 Å². The van der Waals surface area contributed by atoms with Crippen LogP contribution in [0, 0.1) is 12.8 Å². The first kappa shape index (κ1) is 36.7. The fourth-order valence-electron chi connectivity index (χ4n) is 6.44. The molecule has 0 bridgehead atoms. The monoisotopic (exact) mass is 748 g/mol. The number of ether oxygens (including phenoxy) is 4. The van der Waals surface area contributed by atoms with E-state index in [4.69, 9.17) is 37.4 Å². The van der Waals surface area contributed by atoms with Gasteiger partial charge in [0.25, 0.3) is 5.91 Å². The number of hydrogen-bond donors (Lipinski definition) is 1. The van der Waals surface area contributed by atoms with E-state index in [-0.39, 0.29) is 38.2 Å². The van der Waals surface area contributed by atoms with Gasteiger partial charge in [-0.25, -0.2) is 9.59 Å². The summed E-state index contributed by atoms with van der Waals surface area (Å²) >= 11 is 12.7. The summed E-state index contributed by atoms with van der Waals surface area (Å²) in [4.78, 5) is 52.1. The van der Waals surface area contributed by atoms with E-state index in [2.05, 4.69) is 15.2 Å². The minimum atomic E-state index is -1.04. The molecule has 3 atom stereocenters. The van der Waals surface area contributed by atoms with Crippen molar-refractivity contribution < 1.29 is 38.1 Å². The number of halogens is 2. The maximum Gasteiger partial charge on any atom is 0.414 e. The number of nitrogens with one attached hydrogen (secondary N) is 1. The Bertz CT molecular complexity index is 2000. The van der Waals surface area contributed by atoms with E-state index < -0.39 is 30.0 Å². The predicted octanol–water partition coefficient (Wildman–Crippen LogP) is 6.58. The number of anilines is 1. The molecule has 0 radical (unpaired) electrons. The van der Waals surface area contributed by atoms with Gasteiger partial charge in [0.15, 0.2) is 0 Å². The average molecular weight is 750 g/mol. The Morgan fingerprint density at radius 3 is 2.60 bits per heavy atom. The molecule has 3 aromatic carbocycles. The van der Waals surface area contributed by atoms with Crippen LogP contribution in [0.2, 0.25) is 10.0 Å². The van der Waals surface area contributed by atoms with Gasteiger partial charge in [-0.05, 0) is 84.7 Å². The number of hydrogen-bond acceptors (Lipinski definition) is 9. The Balaban J connectivity index is 1.13. The van der Waals surface area contributed by atoms with Crippen molar-refractivity contribution >= 4 is 52.8 Å². The lowest BCUT2D eigenvalue weighted by Crippen LogP contribution is -2.41. The van der Waals surface area contributed by atoms with Crippen LogP contribution in [0.15, 0.2) is 67.0 Å². The van der Waals surface area contributed by atoms with Crippen LogP contribution in [0.1, 0.15) is 52.2 Å². The molecule has 1 N–H and O–H groups in total. The van der Waals surface area contributed by atoms with E-state index in [1.807, 2.05) is 43.5 Å². The second-order valence-corrected chi connectivity index (χ2v) is 13.5. The van der Waals surface area contributed by atoms with Gasteiger partial charge in [0.2, 0.25) is 0 Å². The minimum absolute atomic E-state index is 0.0187. The second kappa shape index (κ2) is 16.1. The van der Waals surface area contributed by atoms with Crippen LogP contribution in [-0.2, 0) is 30.3 Å².